The van der Waals surface area contributed by atoms with Crippen molar-refractivity contribution < 1.29 is 23.1 Å². The van der Waals surface area contributed by atoms with E-state index in [1.54, 1.807) is 24.3 Å². The molecule has 3 unspecified atom stereocenters. The molecule has 2 heterocycles. The van der Waals surface area contributed by atoms with E-state index in [4.69, 9.17) is 10.00 Å². The van der Waals surface area contributed by atoms with Crippen LogP contribution in [0, 0.1) is 23.2 Å². The summed E-state index contributed by atoms with van der Waals surface area (Å²) in [7, 11) is -3.83. The Morgan fingerprint density at radius 2 is 1.94 bits per heavy atom. The molecule has 0 aromatic heterocycles. The van der Waals surface area contributed by atoms with E-state index in [0.29, 0.717) is 49.8 Å². The highest BCUT2D eigenvalue weighted by molar-refractivity contribution is 8.14. The molecule has 0 aliphatic carbocycles. The van der Waals surface area contributed by atoms with Crippen LogP contribution in [0.1, 0.15) is 25.3 Å². The van der Waals surface area contributed by atoms with Crippen molar-refractivity contribution in [2.45, 2.75) is 25.9 Å². The van der Waals surface area contributed by atoms with Gasteiger partial charge in [0.1, 0.15) is 18.5 Å². The lowest BCUT2D eigenvalue weighted by atomic mass is 9.85. The van der Waals surface area contributed by atoms with E-state index in [9.17, 15) is 18.3 Å². The number of carbonyl (C=O) groups excluding carboxylic acids is 1. The van der Waals surface area contributed by atoms with Gasteiger partial charge in [0.05, 0.1) is 11.6 Å². The van der Waals surface area contributed by atoms with E-state index in [1.165, 1.54) is 4.31 Å². The first kappa shape index (κ1) is 24.8. The van der Waals surface area contributed by atoms with E-state index in [2.05, 4.69) is 9.62 Å². The van der Waals surface area contributed by atoms with Crippen molar-refractivity contribution in [2.24, 2.45) is 11.8 Å². The second kappa shape index (κ2) is 11.3. The fourth-order valence-electron chi connectivity index (χ4n) is 4.25. The molecule has 1 aromatic carbocycles. The third-order valence-electron chi connectivity index (χ3n) is 5.51. The van der Waals surface area contributed by atoms with Gasteiger partial charge < -0.3 is 9.84 Å². The fourth-order valence-corrected chi connectivity index (χ4v) is 6.34. The summed E-state index contributed by atoms with van der Waals surface area (Å²) < 4.78 is 34.4. The lowest BCUT2D eigenvalue weighted by Crippen LogP contribution is -2.57. The van der Waals surface area contributed by atoms with Gasteiger partial charge in [-0.25, -0.2) is 4.72 Å². The lowest BCUT2D eigenvalue weighted by molar-refractivity contribution is 0.0167. The SMILES string of the molecule is CCCSC(=O)NS(=O)(=O)N1CC2CC(CN(CC(O)COc3ccc(C#N)cc3)C2)C1. The number of nitrogens with one attached hydrogen (secondary N) is 1. The summed E-state index contributed by atoms with van der Waals surface area (Å²) in [6.45, 7) is 4.63. The van der Waals surface area contributed by atoms with Crippen molar-refractivity contribution in [2.75, 3.05) is 45.1 Å². The molecule has 1 amide bonds. The van der Waals surface area contributed by atoms with Crippen LogP contribution in [-0.4, -0.2) is 79.2 Å². The maximum Gasteiger partial charge on any atom is 0.304 e. The number of piperidine rings is 2. The molecule has 3 rings (SSSR count). The van der Waals surface area contributed by atoms with Crippen molar-refractivity contribution in [1.29, 1.82) is 5.26 Å². The Morgan fingerprint density at radius 1 is 1.28 bits per heavy atom. The summed E-state index contributed by atoms with van der Waals surface area (Å²) >= 11 is 0.983. The Hall–Kier alpha value is -1.84. The van der Waals surface area contributed by atoms with Gasteiger partial charge in [-0.3, -0.25) is 9.69 Å². The third-order valence-corrected chi connectivity index (χ3v) is 8.03. The van der Waals surface area contributed by atoms with Crippen LogP contribution < -0.4 is 9.46 Å². The van der Waals surface area contributed by atoms with Crippen LogP contribution in [-0.2, 0) is 10.2 Å². The molecular weight excluding hydrogens is 452 g/mol. The number of nitrogens with zero attached hydrogens (tertiary/aromatic N) is 3. The molecule has 32 heavy (non-hydrogen) atoms. The number of β-amino-alcohol motifs (C(OH)–C–C–N with tert-alkyl or cyclic N) is 1. The number of hydrogen-bond donors (Lipinski definition) is 2. The fraction of sp³-hybridized carbons (Fsp3) is 0.619. The van der Waals surface area contributed by atoms with Gasteiger partial charge in [-0.2, -0.15) is 18.0 Å². The topological polar surface area (TPSA) is 123 Å². The summed E-state index contributed by atoms with van der Waals surface area (Å²) in [4.78, 5) is 14.0. The van der Waals surface area contributed by atoms with Crippen molar-refractivity contribution in [3.8, 4) is 11.8 Å². The van der Waals surface area contributed by atoms with Crippen LogP contribution in [0.4, 0.5) is 4.79 Å². The Kier molecular flexibility index (Phi) is 8.79. The molecule has 2 aliphatic rings. The lowest BCUT2D eigenvalue weighted by Gasteiger charge is -2.45. The monoisotopic (exact) mass is 482 g/mol. The summed E-state index contributed by atoms with van der Waals surface area (Å²) in [5.41, 5.74) is 0.549. The van der Waals surface area contributed by atoms with Gasteiger partial charge in [0.15, 0.2) is 0 Å². The Morgan fingerprint density at radius 3 is 2.53 bits per heavy atom. The molecule has 11 heteroatoms. The summed E-state index contributed by atoms with van der Waals surface area (Å²) in [5.74, 6) is 1.49. The van der Waals surface area contributed by atoms with E-state index in [1.807, 2.05) is 13.0 Å². The maximum atomic E-state index is 12.6. The first-order chi connectivity index (χ1) is 15.3. The number of rotatable bonds is 9. The van der Waals surface area contributed by atoms with Crippen LogP contribution in [0.5, 0.6) is 5.75 Å². The number of hydrogen-bond acceptors (Lipinski definition) is 8. The number of thioether (sulfide) groups is 1. The van der Waals surface area contributed by atoms with Crippen LogP contribution in [0.25, 0.3) is 0 Å². The van der Waals surface area contributed by atoms with Crippen molar-refractivity contribution in [3.63, 3.8) is 0 Å². The molecule has 2 saturated heterocycles. The minimum absolute atomic E-state index is 0.139. The van der Waals surface area contributed by atoms with Gasteiger partial charge in [0, 0.05) is 38.5 Å². The Balaban J connectivity index is 1.46. The van der Waals surface area contributed by atoms with Crippen molar-refractivity contribution in [3.05, 3.63) is 29.8 Å². The number of likely N-dealkylation sites (tertiary alicyclic amines) is 1. The minimum atomic E-state index is -3.83. The molecule has 2 aliphatic heterocycles. The molecule has 176 valence electrons. The number of benzene rings is 1. The van der Waals surface area contributed by atoms with Crippen LogP contribution in [0.15, 0.2) is 24.3 Å². The summed E-state index contributed by atoms with van der Waals surface area (Å²) in [6, 6.07) is 8.78. The van der Waals surface area contributed by atoms with Gasteiger partial charge >= 0.3 is 10.2 Å². The van der Waals surface area contributed by atoms with Crippen molar-refractivity contribution in [1.82, 2.24) is 13.9 Å². The number of aliphatic hydroxyl groups is 1. The largest absolute Gasteiger partial charge is 0.491 e. The Bertz CT molecular complexity index is 905. The second-order valence-electron chi connectivity index (χ2n) is 8.35. The quantitative estimate of drug-likeness (QED) is 0.545. The maximum absolute atomic E-state index is 12.6. The van der Waals surface area contributed by atoms with E-state index in [-0.39, 0.29) is 18.4 Å². The highest BCUT2D eigenvalue weighted by Crippen LogP contribution is 2.30. The number of amides is 1. The predicted molar refractivity (Wildman–Crippen MR) is 122 cm³/mol. The molecular formula is C21H30N4O5S2. The van der Waals surface area contributed by atoms with Crippen molar-refractivity contribution >= 4 is 27.2 Å². The predicted octanol–water partition coefficient (Wildman–Crippen LogP) is 1.65. The van der Waals surface area contributed by atoms with E-state index in [0.717, 1.165) is 24.6 Å². The first-order valence-electron chi connectivity index (χ1n) is 10.8. The third kappa shape index (κ3) is 7.08. The zero-order valence-electron chi connectivity index (χ0n) is 18.1. The highest BCUT2D eigenvalue weighted by Gasteiger charge is 2.39. The number of carbonyl (C=O) groups is 1. The molecule has 9 nitrogen and oxygen atoms in total. The molecule has 2 N–H and O–H groups in total. The average Bonchev–Trinajstić information content (AvgIpc) is 2.75. The summed E-state index contributed by atoms with van der Waals surface area (Å²) in [5, 5.41) is 18.7. The Labute approximate surface area is 193 Å². The molecule has 0 saturated carbocycles. The second-order valence-corrected chi connectivity index (χ2v) is 11.1. The van der Waals surface area contributed by atoms with Crippen LogP contribution >= 0.6 is 11.8 Å². The molecule has 1 aromatic rings. The van der Waals surface area contributed by atoms with Gasteiger partial charge in [0.25, 0.3) is 5.24 Å². The zero-order valence-corrected chi connectivity index (χ0v) is 19.8. The van der Waals surface area contributed by atoms with Crippen LogP contribution in [0.2, 0.25) is 0 Å². The normalized spacial score (nSPS) is 22.7. The van der Waals surface area contributed by atoms with Gasteiger partial charge in [-0.15, -0.1) is 0 Å². The number of nitriles is 1. The number of ether oxygens (including phenoxy) is 1. The molecule has 0 spiro atoms. The standard InChI is InChI=1S/C21H30N4O5S2/c1-2-7-31-21(27)23-32(28,29)25-12-17-8-18(13-25)11-24(10-17)14-19(26)15-30-20-5-3-16(9-22)4-6-20/h3-6,17-19,26H,2,7-8,10-15H2,1H3,(H,23,27). The van der Waals surface area contributed by atoms with Gasteiger partial charge in [-0.05, 0) is 48.9 Å². The molecule has 2 bridgehead atoms. The summed E-state index contributed by atoms with van der Waals surface area (Å²) in [6.07, 6.45) is 1.06. The number of fused-ring (bicyclic) bond motifs is 2. The van der Waals surface area contributed by atoms with Gasteiger partial charge in [-0.1, -0.05) is 18.7 Å². The zero-order chi connectivity index (χ0) is 23.1. The molecule has 3 atom stereocenters. The smallest absolute Gasteiger partial charge is 0.304 e. The minimum Gasteiger partial charge on any atom is -0.491 e. The highest BCUT2D eigenvalue weighted by atomic mass is 32.2. The molecule has 0 radical (unpaired) electrons. The van der Waals surface area contributed by atoms with Crippen LogP contribution in [0.3, 0.4) is 0 Å². The average molecular weight is 483 g/mol. The number of aliphatic hydroxyl groups excluding tert-OH is 1. The van der Waals surface area contributed by atoms with Gasteiger partial charge in [0.2, 0.25) is 0 Å². The molecule has 2 fully saturated rings. The first-order valence-corrected chi connectivity index (χ1v) is 13.2. The van der Waals surface area contributed by atoms with E-state index < -0.39 is 21.6 Å². The van der Waals surface area contributed by atoms with E-state index >= 15 is 0 Å².